The highest BCUT2D eigenvalue weighted by Crippen LogP contribution is 2.29. The molecule has 2 heterocycles. The second kappa shape index (κ2) is 8.07. The third-order valence-corrected chi connectivity index (χ3v) is 6.64. The Morgan fingerprint density at radius 3 is 2.73 bits per heavy atom. The Labute approximate surface area is 154 Å². The van der Waals surface area contributed by atoms with Gasteiger partial charge in [-0.3, -0.25) is 13.9 Å². The van der Waals surface area contributed by atoms with Gasteiger partial charge in [-0.2, -0.15) is 0 Å². The van der Waals surface area contributed by atoms with Gasteiger partial charge >= 0.3 is 0 Å². The first-order valence-electron chi connectivity index (χ1n) is 9.10. The maximum absolute atomic E-state index is 12.6. The zero-order chi connectivity index (χ0) is 18.6. The minimum atomic E-state index is -3.48. The van der Waals surface area contributed by atoms with Gasteiger partial charge in [-0.1, -0.05) is 24.6 Å². The van der Waals surface area contributed by atoms with E-state index in [1.165, 1.54) is 4.31 Å². The van der Waals surface area contributed by atoms with Gasteiger partial charge < -0.3 is 10.2 Å². The monoisotopic (exact) mass is 379 g/mol. The van der Waals surface area contributed by atoms with E-state index in [-0.39, 0.29) is 30.7 Å². The topological polar surface area (TPSA) is 86.8 Å². The lowest BCUT2D eigenvalue weighted by molar-refractivity contribution is -0.135. The highest BCUT2D eigenvalue weighted by atomic mass is 32.2. The summed E-state index contributed by atoms with van der Waals surface area (Å²) in [5.74, 6) is -0.461. The first-order chi connectivity index (χ1) is 12.5. The zero-order valence-corrected chi connectivity index (χ0v) is 15.6. The number of para-hydroxylation sites is 1. The lowest BCUT2D eigenvalue weighted by Crippen LogP contribution is -2.42. The average Bonchev–Trinajstić information content (AvgIpc) is 2.95. The number of rotatable bonds is 6. The maximum atomic E-state index is 12.6. The van der Waals surface area contributed by atoms with Crippen molar-refractivity contribution in [3.63, 3.8) is 0 Å². The molecule has 0 bridgehead atoms. The van der Waals surface area contributed by atoms with Crippen LogP contribution in [-0.2, 0) is 26.0 Å². The number of carbonyl (C=O) groups is 2. The van der Waals surface area contributed by atoms with E-state index < -0.39 is 10.0 Å². The van der Waals surface area contributed by atoms with Crippen LogP contribution in [0.3, 0.4) is 0 Å². The van der Waals surface area contributed by atoms with Crippen LogP contribution in [-0.4, -0.2) is 57.1 Å². The second-order valence-corrected chi connectivity index (χ2v) is 8.76. The van der Waals surface area contributed by atoms with Crippen LogP contribution in [0.2, 0.25) is 0 Å². The van der Waals surface area contributed by atoms with E-state index in [1.54, 1.807) is 4.90 Å². The number of nitrogens with zero attached hydrogens (tertiary/aromatic N) is 2. The van der Waals surface area contributed by atoms with Crippen molar-refractivity contribution in [2.75, 3.05) is 36.2 Å². The predicted octanol–water partition coefficient (Wildman–Crippen LogP) is 0.898. The predicted molar refractivity (Wildman–Crippen MR) is 99.3 cm³/mol. The van der Waals surface area contributed by atoms with Gasteiger partial charge in [0.25, 0.3) is 0 Å². The molecule has 142 valence electrons. The summed E-state index contributed by atoms with van der Waals surface area (Å²) < 4.78 is 26.6. The SMILES string of the molecule is O=C(CN1CCCCCC1=O)NCCS(=O)(=O)N1CCc2ccccc21. The summed E-state index contributed by atoms with van der Waals surface area (Å²) in [6.07, 6.45) is 3.96. The van der Waals surface area contributed by atoms with Crippen LogP contribution in [0.1, 0.15) is 31.2 Å². The van der Waals surface area contributed by atoms with Crippen molar-refractivity contribution in [3.05, 3.63) is 29.8 Å². The molecule has 0 unspecified atom stereocenters. The Balaban J connectivity index is 1.49. The molecule has 1 N–H and O–H groups in total. The molecule has 2 amide bonds. The van der Waals surface area contributed by atoms with Crippen LogP contribution < -0.4 is 9.62 Å². The molecule has 0 saturated carbocycles. The molecule has 2 aliphatic rings. The van der Waals surface area contributed by atoms with Gasteiger partial charge in [-0.15, -0.1) is 0 Å². The van der Waals surface area contributed by atoms with Crippen LogP contribution in [0.25, 0.3) is 0 Å². The largest absolute Gasteiger partial charge is 0.353 e. The Morgan fingerprint density at radius 2 is 1.88 bits per heavy atom. The van der Waals surface area contributed by atoms with Gasteiger partial charge in [-0.05, 0) is 30.9 Å². The summed E-state index contributed by atoms with van der Waals surface area (Å²) in [5.41, 5.74) is 1.76. The first kappa shape index (κ1) is 18.7. The molecule has 1 saturated heterocycles. The molecule has 1 aromatic carbocycles. The van der Waals surface area contributed by atoms with E-state index in [0.717, 1.165) is 30.5 Å². The molecule has 0 atom stereocenters. The molecule has 1 aromatic rings. The number of carbonyl (C=O) groups excluding carboxylic acids is 2. The molecule has 0 spiro atoms. The number of amides is 2. The van der Waals surface area contributed by atoms with Crippen LogP contribution in [0.4, 0.5) is 5.69 Å². The number of sulfonamides is 1. The highest BCUT2D eigenvalue weighted by molar-refractivity contribution is 7.92. The number of likely N-dealkylation sites (tertiary alicyclic amines) is 1. The molecule has 7 nitrogen and oxygen atoms in total. The summed E-state index contributed by atoms with van der Waals surface area (Å²) >= 11 is 0. The minimum Gasteiger partial charge on any atom is -0.353 e. The van der Waals surface area contributed by atoms with E-state index >= 15 is 0 Å². The van der Waals surface area contributed by atoms with Crippen LogP contribution in [0.15, 0.2) is 24.3 Å². The van der Waals surface area contributed by atoms with E-state index in [4.69, 9.17) is 0 Å². The zero-order valence-electron chi connectivity index (χ0n) is 14.8. The average molecular weight is 379 g/mol. The molecule has 8 heteroatoms. The van der Waals surface area contributed by atoms with Crippen molar-refractivity contribution in [2.24, 2.45) is 0 Å². The van der Waals surface area contributed by atoms with Crippen molar-refractivity contribution < 1.29 is 18.0 Å². The molecule has 2 aliphatic heterocycles. The molecule has 0 radical (unpaired) electrons. The fourth-order valence-corrected chi connectivity index (χ4v) is 4.89. The van der Waals surface area contributed by atoms with E-state index in [2.05, 4.69) is 5.32 Å². The van der Waals surface area contributed by atoms with Crippen LogP contribution >= 0.6 is 0 Å². The molecule has 0 aliphatic carbocycles. The van der Waals surface area contributed by atoms with Gasteiger partial charge in [0, 0.05) is 26.1 Å². The standard InChI is InChI=1S/C18H25N3O4S/c22-17(14-20-11-5-1-2-8-18(20)23)19-10-13-26(24,25)21-12-9-15-6-3-4-7-16(15)21/h3-4,6-7H,1-2,5,8-14H2,(H,19,22). The summed E-state index contributed by atoms with van der Waals surface area (Å²) in [5, 5.41) is 2.64. The van der Waals surface area contributed by atoms with Gasteiger partial charge in [0.1, 0.15) is 0 Å². The summed E-state index contributed by atoms with van der Waals surface area (Å²) in [7, 11) is -3.48. The Bertz CT molecular complexity index is 778. The van der Waals surface area contributed by atoms with Crippen molar-refractivity contribution in [3.8, 4) is 0 Å². The van der Waals surface area contributed by atoms with Gasteiger partial charge in [-0.25, -0.2) is 8.42 Å². The normalized spacial score (nSPS) is 17.8. The summed E-state index contributed by atoms with van der Waals surface area (Å²) in [6, 6.07) is 7.47. The highest BCUT2D eigenvalue weighted by Gasteiger charge is 2.29. The quantitative estimate of drug-likeness (QED) is 0.796. The molecule has 1 fully saturated rings. The fourth-order valence-electron chi connectivity index (χ4n) is 3.46. The Morgan fingerprint density at radius 1 is 1.08 bits per heavy atom. The first-order valence-corrected chi connectivity index (χ1v) is 10.7. The van der Waals surface area contributed by atoms with E-state index in [9.17, 15) is 18.0 Å². The van der Waals surface area contributed by atoms with Crippen LogP contribution in [0.5, 0.6) is 0 Å². The Kier molecular flexibility index (Phi) is 5.80. The molecule has 0 aromatic heterocycles. The second-order valence-electron chi connectivity index (χ2n) is 6.74. The summed E-state index contributed by atoms with van der Waals surface area (Å²) in [4.78, 5) is 25.5. The number of hydrogen-bond acceptors (Lipinski definition) is 4. The maximum Gasteiger partial charge on any atom is 0.239 e. The van der Waals surface area contributed by atoms with E-state index in [0.29, 0.717) is 25.9 Å². The van der Waals surface area contributed by atoms with Crippen LogP contribution in [0, 0.1) is 0 Å². The molecule has 3 rings (SSSR count). The van der Waals surface area contributed by atoms with Gasteiger partial charge in [0.2, 0.25) is 21.8 Å². The smallest absolute Gasteiger partial charge is 0.239 e. The minimum absolute atomic E-state index is 0.000977. The van der Waals surface area contributed by atoms with Crippen molar-refractivity contribution in [1.29, 1.82) is 0 Å². The van der Waals surface area contributed by atoms with Gasteiger partial charge in [0.05, 0.1) is 18.0 Å². The number of hydrogen-bond donors (Lipinski definition) is 1. The molecular formula is C18H25N3O4S. The van der Waals surface area contributed by atoms with Gasteiger partial charge in [0.15, 0.2) is 0 Å². The number of benzene rings is 1. The molecule has 26 heavy (non-hydrogen) atoms. The number of nitrogens with one attached hydrogen (secondary N) is 1. The fraction of sp³-hybridized carbons (Fsp3) is 0.556. The summed E-state index contributed by atoms with van der Waals surface area (Å²) in [6.45, 7) is 1.08. The van der Waals surface area contributed by atoms with Crippen molar-refractivity contribution in [1.82, 2.24) is 10.2 Å². The Hall–Kier alpha value is -2.09. The molecular weight excluding hydrogens is 354 g/mol. The van der Waals surface area contributed by atoms with Crippen molar-refractivity contribution in [2.45, 2.75) is 32.1 Å². The van der Waals surface area contributed by atoms with E-state index in [1.807, 2.05) is 24.3 Å². The number of fused-ring (bicyclic) bond motifs is 1. The lowest BCUT2D eigenvalue weighted by atomic mass is 10.2. The third kappa shape index (κ3) is 4.35. The third-order valence-electron chi connectivity index (χ3n) is 4.87. The number of anilines is 1. The van der Waals surface area contributed by atoms with Crippen molar-refractivity contribution >= 4 is 27.5 Å². The lowest BCUT2D eigenvalue weighted by Gasteiger charge is -2.21.